The smallest absolute Gasteiger partial charge is 0.307 e. The summed E-state index contributed by atoms with van der Waals surface area (Å²) >= 11 is 0. The Morgan fingerprint density at radius 1 is 0.812 bits per heavy atom. The van der Waals surface area contributed by atoms with Gasteiger partial charge in [-0.25, -0.2) is 0 Å². The van der Waals surface area contributed by atoms with Crippen molar-refractivity contribution >= 4 is 17.9 Å². The Hall–Kier alpha value is -1.59. The van der Waals surface area contributed by atoms with Gasteiger partial charge in [0, 0.05) is 0 Å². The maximum Gasteiger partial charge on any atom is 0.307 e. The van der Waals surface area contributed by atoms with Crippen molar-refractivity contribution in [2.75, 3.05) is 0 Å². The molecule has 2 aliphatic carbocycles. The number of carboxylic acid groups (broad SMARTS) is 3. The van der Waals surface area contributed by atoms with Crippen LogP contribution in [0.4, 0.5) is 0 Å². The van der Waals surface area contributed by atoms with Gasteiger partial charge in [0.2, 0.25) is 0 Å². The van der Waals surface area contributed by atoms with E-state index >= 15 is 0 Å². The van der Waals surface area contributed by atoms with Crippen molar-refractivity contribution in [1.82, 2.24) is 0 Å². The molecule has 6 nitrogen and oxygen atoms in total. The summed E-state index contributed by atoms with van der Waals surface area (Å²) in [6.45, 7) is 0. The zero-order valence-corrected chi connectivity index (χ0v) is 8.37. The van der Waals surface area contributed by atoms with Crippen LogP contribution in [0.5, 0.6) is 0 Å². The molecule has 6 heteroatoms. The number of carboxylic acids is 3. The van der Waals surface area contributed by atoms with Crippen molar-refractivity contribution in [3.63, 3.8) is 0 Å². The van der Waals surface area contributed by atoms with Crippen LogP contribution < -0.4 is 0 Å². The Labute approximate surface area is 90.9 Å². The molecule has 5 atom stereocenters. The summed E-state index contributed by atoms with van der Waals surface area (Å²) in [6, 6.07) is 0. The van der Waals surface area contributed by atoms with Gasteiger partial charge < -0.3 is 15.3 Å². The summed E-state index contributed by atoms with van der Waals surface area (Å²) in [5.41, 5.74) is 0. The molecule has 0 amide bonds. The first-order valence-corrected chi connectivity index (χ1v) is 5.12. The Morgan fingerprint density at radius 2 is 1.38 bits per heavy atom. The van der Waals surface area contributed by atoms with E-state index in [0.29, 0.717) is 12.8 Å². The second-order valence-electron chi connectivity index (χ2n) is 4.57. The van der Waals surface area contributed by atoms with Crippen molar-refractivity contribution in [2.45, 2.75) is 12.8 Å². The summed E-state index contributed by atoms with van der Waals surface area (Å²) in [6.07, 6.45) is 0.700. The summed E-state index contributed by atoms with van der Waals surface area (Å²) in [5, 5.41) is 26.9. The fourth-order valence-corrected chi connectivity index (χ4v) is 3.34. The zero-order valence-electron chi connectivity index (χ0n) is 8.37. The van der Waals surface area contributed by atoms with E-state index in [1.54, 1.807) is 0 Å². The predicted octanol–water partition coefficient (Wildman–Crippen LogP) is 0.129. The van der Waals surface area contributed by atoms with Crippen LogP contribution in [0.2, 0.25) is 0 Å². The monoisotopic (exact) mass is 228 g/mol. The first kappa shape index (κ1) is 10.9. The van der Waals surface area contributed by atoms with Gasteiger partial charge in [0.25, 0.3) is 0 Å². The van der Waals surface area contributed by atoms with Crippen LogP contribution in [0.3, 0.4) is 0 Å². The van der Waals surface area contributed by atoms with Gasteiger partial charge in [-0.3, -0.25) is 14.4 Å². The number of hydrogen-bond acceptors (Lipinski definition) is 3. The predicted molar refractivity (Wildman–Crippen MR) is 49.6 cm³/mol. The van der Waals surface area contributed by atoms with Gasteiger partial charge >= 0.3 is 17.9 Å². The third-order valence-electron chi connectivity index (χ3n) is 3.89. The standard InChI is InChI=1S/C10H12O6/c11-8(12)5-2-3-1-4(5)7(10(15)16)6(3)9(13)14/h3-7H,1-2H2,(H,11,12)(H,13,14)(H,15,16)/t3-,4+,5+,6-,7+/m1/s1. The van der Waals surface area contributed by atoms with Crippen LogP contribution in [0, 0.1) is 29.6 Å². The molecule has 2 rings (SSSR count). The molecular formula is C10H12O6. The lowest BCUT2D eigenvalue weighted by Crippen LogP contribution is -2.40. The maximum atomic E-state index is 11.0. The molecule has 0 aromatic rings. The fraction of sp³-hybridized carbons (Fsp3) is 0.700. The summed E-state index contributed by atoms with van der Waals surface area (Å²) in [5.74, 6) is -6.81. The highest BCUT2D eigenvalue weighted by Gasteiger charge is 2.60. The van der Waals surface area contributed by atoms with E-state index in [9.17, 15) is 14.4 Å². The normalized spacial score (nSPS) is 40.9. The van der Waals surface area contributed by atoms with Gasteiger partial charge in [-0.15, -0.1) is 0 Å². The van der Waals surface area contributed by atoms with Crippen molar-refractivity contribution in [3.05, 3.63) is 0 Å². The Kier molecular flexibility index (Phi) is 2.36. The molecule has 2 aliphatic rings. The molecule has 2 saturated carbocycles. The molecule has 16 heavy (non-hydrogen) atoms. The van der Waals surface area contributed by atoms with Crippen LogP contribution in [-0.4, -0.2) is 33.2 Å². The van der Waals surface area contributed by atoms with Crippen LogP contribution in [-0.2, 0) is 14.4 Å². The Balaban J connectivity index is 2.29. The minimum atomic E-state index is -1.19. The Morgan fingerprint density at radius 3 is 1.81 bits per heavy atom. The van der Waals surface area contributed by atoms with Crippen LogP contribution in [0.1, 0.15) is 12.8 Å². The van der Waals surface area contributed by atoms with E-state index in [0.717, 1.165) is 0 Å². The first-order chi connectivity index (χ1) is 7.43. The molecule has 0 aromatic heterocycles. The first-order valence-electron chi connectivity index (χ1n) is 5.12. The van der Waals surface area contributed by atoms with Gasteiger partial charge in [0.15, 0.2) is 0 Å². The lowest BCUT2D eigenvalue weighted by Gasteiger charge is -2.28. The minimum absolute atomic E-state index is 0.292. The minimum Gasteiger partial charge on any atom is -0.481 e. The number of hydrogen-bond donors (Lipinski definition) is 3. The van der Waals surface area contributed by atoms with Gasteiger partial charge in [0.1, 0.15) is 0 Å². The van der Waals surface area contributed by atoms with Crippen LogP contribution >= 0.6 is 0 Å². The number of aliphatic carboxylic acids is 3. The number of carbonyl (C=O) groups is 3. The van der Waals surface area contributed by atoms with E-state index in [-0.39, 0.29) is 5.92 Å². The lowest BCUT2D eigenvalue weighted by molar-refractivity contribution is -0.160. The second kappa shape index (κ2) is 3.47. The van der Waals surface area contributed by atoms with E-state index in [4.69, 9.17) is 15.3 Å². The lowest BCUT2D eigenvalue weighted by atomic mass is 9.74. The molecule has 0 spiro atoms. The molecular weight excluding hydrogens is 216 g/mol. The molecule has 88 valence electrons. The van der Waals surface area contributed by atoms with Gasteiger partial charge in [-0.05, 0) is 24.7 Å². The third-order valence-corrected chi connectivity index (χ3v) is 3.89. The van der Waals surface area contributed by atoms with E-state index in [1.807, 2.05) is 0 Å². The van der Waals surface area contributed by atoms with Crippen LogP contribution in [0.15, 0.2) is 0 Å². The van der Waals surface area contributed by atoms with Crippen molar-refractivity contribution in [3.8, 4) is 0 Å². The highest BCUT2D eigenvalue weighted by molar-refractivity contribution is 5.83. The number of rotatable bonds is 3. The average Bonchev–Trinajstić information content (AvgIpc) is 2.72. The molecule has 2 bridgehead atoms. The van der Waals surface area contributed by atoms with Gasteiger partial charge in [0.05, 0.1) is 17.8 Å². The van der Waals surface area contributed by atoms with Crippen molar-refractivity contribution in [1.29, 1.82) is 0 Å². The van der Waals surface area contributed by atoms with E-state index in [2.05, 4.69) is 0 Å². The SMILES string of the molecule is O=C(O)[C@@H]1[C@@H]2C[C@H]([C@@H]1C(=O)O)[C@@H](C(=O)O)C2. The second-order valence-corrected chi connectivity index (χ2v) is 4.57. The highest BCUT2D eigenvalue weighted by atomic mass is 16.4. The molecule has 2 fully saturated rings. The fourth-order valence-electron chi connectivity index (χ4n) is 3.34. The number of fused-ring (bicyclic) bond motifs is 2. The molecule has 0 aromatic carbocycles. The molecule has 0 aliphatic heterocycles. The average molecular weight is 228 g/mol. The van der Waals surface area contributed by atoms with Crippen LogP contribution in [0.25, 0.3) is 0 Å². The quantitative estimate of drug-likeness (QED) is 0.632. The zero-order chi connectivity index (χ0) is 12.0. The topological polar surface area (TPSA) is 112 Å². The summed E-state index contributed by atoms with van der Waals surface area (Å²) in [7, 11) is 0. The van der Waals surface area contributed by atoms with E-state index in [1.165, 1.54) is 0 Å². The molecule has 0 radical (unpaired) electrons. The summed E-state index contributed by atoms with van der Waals surface area (Å²) in [4.78, 5) is 32.9. The molecule has 3 N–H and O–H groups in total. The largest absolute Gasteiger partial charge is 0.481 e. The molecule has 0 heterocycles. The van der Waals surface area contributed by atoms with Crippen molar-refractivity contribution in [2.24, 2.45) is 29.6 Å². The highest BCUT2D eigenvalue weighted by Crippen LogP contribution is 2.55. The summed E-state index contributed by atoms with van der Waals surface area (Å²) < 4.78 is 0. The van der Waals surface area contributed by atoms with E-state index < -0.39 is 41.6 Å². The Bertz CT molecular complexity index is 362. The van der Waals surface area contributed by atoms with Gasteiger partial charge in [-0.1, -0.05) is 0 Å². The maximum absolute atomic E-state index is 11.0. The molecule has 0 saturated heterocycles. The van der Waals surface area contributed by atoms with Gasteiger partial charge in [-0.2, -0.15) is 0 Å². The van der Waals surface area contributed by atoms with Crippen molar-refractivity contribution < 1.29 is 29.7 Å². The third kappa shape index (κ3) is 1.36. The molecule has 0 unspecified atom stereocenters.